The molecule has 5 nitrogen and oxygen atoms in total. The molecule has 1 unspecified atom stereocenters. The molecule has 0 bridgehead atoms. The van der Waals surface area contributed by atoms with Crippen LogP contribution in [0.5, 0.6) is 5.75 Å². The lowest BCUT2D eigenvalue weighted by Gasteiger charge is -2.16. The Labute approximate surface area is 201 Å². The quantitative estimate of drug-likeness (QED) is 0.383. The molecule has 0 saturated carbocycles. The molecule has 1 aromatic heterocycles. The van der Waals surface area contributed by atoms with Crippen LogP contribution < -0.4 is 10.1 Å². The number of hydrogen-bond donors (Lipinski definition) is 1. The Morgan fingerprint density at radius 3 is 2.31 bits per heavy atom. The first-order valence-electron chi connectivity index (χ1n) is 9.84. The number of aryl methyl sites for hydroxylation is 3. The minimum absolute atomic E-state index is 0.288. The molecule has 2 aromatic carbocycles. The van der Waals surface area contributed by atoms with Gasteiger partial charge in [0, 0.05) is 20.5 Å². The number of anilines is 1. The van der Waals surface area contributed by atoms with Crippen molar-refractivity contribution >= 4 is 51.4 Å². The fourth-order valence-electron chi connectivity index (χ4n) is 3.37. The van der Waals surface area contributed by atoms with Crippen LogP contribution in [0, 0.1) is 20.8 Å². The number of halogens is 2. The average molecular weight is 492 g/mol. The molecular formula is C24H23Cl2NO4S. The van der Waals surface area contributed by atoms with Gasteiger partial charge in [-0.1, -0.05) is 35.3 Å². The first-order valence-corrected chi connectivity index (χ1v) is 11.4. The Morgan fingerprint density at radius 1 is 1.06 bits per heavy atom. The van der Waals surface area contributed by atoms with E-state index in [1.54, 1.807) is 37.3 Å². The Kier molecular flexibility index (Phi) is 7.49. The molecule has 32 heavy (non-hydrogen) atoms. The average Bonchev–Trinajstić information content (AvgIpc) is 3.06. The van der Waals surface area contributed by atoms with E-state index in [0.29, 0.717) is 26.4 Å². The highest BCUT2D eigenvalue weighted by molar-refractivity contribution is 7.17. The number of methoxy groups -OCH3 is 1. The number of rotatable bonds is 6. The Hall–Kier alpha value is -2.54. The lowest BCUT2D eigenvalue weighted by molar-refractivity contribution is -0.122. The third kappa shape index (κ3) is 5.09. The number of carbonyl (C=O) groups excluding carboxylic acids is 2. The van der Waals surface area contributed by atoms with Gasteiger partial charge in [-0.05, 0) is 68.7 Å². The molecule has 1 heterocycles. The second-order valence-corrected chi connectivity index (χ2v) is 9.40. The van der Waals surface area contributed by atoms with Crippen molar-refractivity contribution in [2.45, 2.75) is 33.8 Å². The maximum Gasteiger partial charge on any atom is 0.341 e. The predicted octanol–water partition coefficient (Wildman–Crippen LogP) is 6.84. The molecule has 0 aliphatic carbocycles. The molecule has 8 heteroatoms. The summed E-state index contributed by atoms with van der Waals surface area (Å²) in [5.41, 5.74) is 3.46. The van der Waals surface area contributed by atoms with Crippen molar-refractivity contribution < 1.29 is 19.1 Å². The first kappa shape index (κ1) is 24.1. The van der Waals surface area contributed by atoms with Gasteiger partial charge in [0.25, 0.3) is 5.91 Å². The van der Waals surface area contributed by atoms with E-state index in [4.69, 9.17) is 32.7 Å². The Bertz CT molecular complexity index is 1170. The number of nitrogens with one attached hydrogen (secondary N) is 1. The molecule has 168 valence electrons. The van der Waals surface area contributed by atoms with E-state index in [0.717, 1.165) is 21.6 Å². The van der Waals surface area contributed by atoms with Gasteiger partial charge in [0.1, 0.15) is 16.3 Å². The lowest BCUT2D eigenvalue weighted by Crippen LogP contribution is -2.30. The van der Waals surface area contributed by atoms with Crippen LogP contribution in [-0.2, 0) is 9.53 Å². The SMILES string of the molecule is COC(=O)c1c(NC(=O)C(C)Oc2cc(C)c(Cl)c(C)c2)sc(C)c1-c1cccc(Cl)c1. The number of carbonyl (C=O) groups is 2. The molecule has 0 aliphatic rings. The van der Waals surface area contributed by atoms with Gasteiger partial charge in [-0.25, -0.2) is 4.79 Å². The highest BCUT2D eigenvalue weighted by atomic mass is 35.5. The summed E-state index contributed by atoms with van der Waals surface area (Å²) in [5.74, 6) is -0.390. The maximum atomic E-state index is 12.9. The molecule has 3 aromatic rings. The van der Waals surface area contributed by atoms with Crippen molar-refractivity contribution in [1.82, 2.24) is 0 Å². The smallest absolute Gasteiger partial charge is 0.341 e. The van der Waals surface area contributed by atoms with Crippen LogP contribution in [0.1, 0.15) is 33.3 Å². The molecular weight excluding hydrogens is 469 g/mol. The van der Waals surface area contributed by atoms with Gasteiger partial charge < -0.3 is 14.8 Å². The molecule has 1 atom stereocenters. The molecule has 0 aliphatic heterocycles. The van der Waals surface area contributed by atoms with Crippen LogP contribution in [0.15, 0.2) is 36.4 Å². The van der Waals surface area contributed by atoms with Gasteiger partial charge in [-0.3, -0.25) is 4.79 Å². The van der Waals surface area contributed by atoms with Crippen LogP contribution in [-0.4, -0.2) is 25.1 Å². The van der Waals surface area contributed by atoms with Gasteiger partial charge in [-0.2, -0.15) is 0 Å². The molecule has 1 N–H and O–H groups in total. The van der Waals surface area contributed by atoms with Crippen molar-refractivity contribution in [3.63, 3.8) is 0 Å². The fourth-order valence-corrected chi connectivity index (χ4v) is 4.73. The van der Waals surface area contributed by atoms with Crippen molar-refractivity contribution in [1.29, 1.82) is 0 Å². The van der Waals surface area contributed by atoms with E-state index in [9.17, 15) is 9.59 Å². The van der Waals surface area contributed by atoms with E-state index in [1.165, 1.54) is 18.4 Å². The highest BCUT2D eigenvalue weighted by Crippen LogP contribution is 2.41. The maximum absolute atomic E-state index is 12.9. The van der Waals surface area contributed by atoms with E-state index in [2.05, 4.69) is 5.32 Å². The first-order chi connectivity index (χ1) is 15.1. The van der Waals surface area contributed by atoms with E-state index < -0.39 is 12.1 Å². The molecule has 3 rings (SSSR count). The largest absolute Gasteiger partial charge is 0.481 e. The summed E-state index contributed by atoms with van der Waals surface area (Å²) in [6.07, 6.45) is -0.808. The topological polar surface area (TPSA) is 64.6 Å². The van der Waals surface area contributed by atoms with Gasteiger partial charge in [-0.15, -0.1) is 11.3 Å². The molecule has 1 amide bonds. The molecule has 0 spiro atoms. The van der Waals surface area contributed by atoms with Crippen LogP contribution in [0.2, 0.25) is 10.0 Å². The van der Waals surface area contributed by atoms with Crippen LogP contribution in [0.3, 0.4) is 0 Å². The number of hydrogen-bond acceptors (Lipinski definition) is 5. The number of ether oxygens (including phenoxy) is 2. The van der Waals surface area contributed by atoms with Crippen molar-refractivity contribution in [2.75, 3.05) is 12.4 Å². The van der Waals surface area contributed by atoms with E-state index in [1.807, 2.05) is 26.8 Å². The van der Waals surface area contributed by atoms with E-state index in [-0.39, 0.29) is 11.5 Å². The fraction of sp³-hybridized carbons (Fsp3) is 0.250. The minimum Gasteiger partial charge on any atom is -0.481 e. The van der Waals surface area contributed by atoms with Crippen molar-refractivity contribution in [3.05, 3.63) is 68.0 Å². The zero-order valence-electron chi connectivity index (χ0n) is 18.3. The van der Waals surface area contributed by atoms with Crippen LogP contribution in [0.4, 0.5) is 5.00 Å². The normalized spacial score (nSPS) is 11.7. The Balaban J connectivity index is 1.90. The highest BCUT2D eigenvalue weighted by Gasteiger charge is 2.27. The second kappa shape index (κ2) is 9.94. The number of benzene rings is 2. The molecule has 0 fully saturated rings. The number of amides is 1. The summed E-state index contributed by atoms with van der Waals surface area (Å²) in [4.78, 5) is 26.4. The molecule has 0 radical (unpaired) electrons. The minimum atomic E-state index is -0.808. The van der Waals surface area contributed by atoms with Crippen LogP contribution in [0.25, 0.3) is 11.1 Å². The summed E-state index contributed by atoms with van der Waals surface area (Å²) in [6.45, 7) is 7.27. The van der Waals surface area contributed by atoms with Crippen molar-refractivity contribution in [3.8, 4) is 16.9 Å². The van der Waals surface area contributed by atoms with Gasteiger partial charge in [0.05, 0.1) is 7.11 Å². The third-order valence-corrected chi connectivity index (χ3v) is 6.77. The lowest BCUT2D eigenvalue weighted by atomic mass is 10.0. The summed E-state index contributed by atoms with van der Waals surface area (Å²) >= 11 is 13.7. The zero-order valence-corrected chi connectivity index (χ0v) is 20.7. The molecule has 0 saturated heterocycles. The van der Waals surface area contributed by atoms with Gasteiger partial charge in [0.15, 0.2) is 6.10 Å². The summed E-state index contributed by atoms with van der Waals surface area (Å²) in [6, 6.07) is 10.8. The summed E-state index contributed by atoms with van der Waals surface area (Å²) < 4.78 is 10.8. The van der Waals surface area contributed by atoms with Crippen LogP contribution >= 0.6 is 34.5 Å². The van der Waals surface area contributed by atoms with E-state index >= 15 is 0 Å². The van der Waals surface area contributed by atoms with Gasteiger partial charge in [0.2, 0.25) is 0 Å². The zero-order chi connectivity index (χ0) is 23.6. The summed E-state index contributed by atoms with van der Waals surface area (Å²) in [5, 5.41) is 4.44. The van der Waals surface area contributed by atoms with Gasteiger partial charge >= 0.3 is 5.97 Å². The Morgan fingerprint density at radius 2 is 1.72 bits per heavy atom. The monoisotopic (exact) mass is 491 g/mol. The standard InChI is InChI=1S/C24H23Cl2NO4S/c1-12-9-18(10-13(2)21(12)26)31-14(3)22(28)27-23-20(24(29)30-5)19(15(4)32-23)16-7-6-8-17(25)11-16/h6-11,14H,1-5H3,(H,27,28). The third-order valence-electron chi connectivity index (χ3n) is 4.92. The predicted molar refractivity (Wildman–Crippen MR) is 130 cm³/mol. The number of esters is 1. The van der Waals surface area contributed by atoms with Crippen molar-refractivity contribution in [2.24, 2.45) is 0 Å². The summed E-state index contributed by atoms with van der Waals surface area (Å²) in [7, 11) is 1.31. The number of thiophene rings is 1. The second-order valence-electron chi connectivity index (χ2n) is 7.36.